The van der Waals surface area contributed by atoms with Gasteiger partial charge < -0.3 is 13.6 Å². The Labute approximate surface area is 253 Å². The van der Waals surface area contributed by atoms with Crippen LogP contribution in [0.1, 0.15) is 6.85 Å². The highest BCUT2D eigenvalue weighted by molar-refractivity contribution is 6.25. The lowest BCUT2D eigenvalue weighted by Gasteiger charge is -2.10. The minimum Gasteiger partial charge on any atom is -0.456 e. The normalized spacial score (nSPS) is 13.8. The van der Waals surface area contributed by atoms with Crippen LogP contribution in [0.4, 0.5) is 0 Å². The van der Waals surface area contributed by atoms with Crippen molar-refractivity contribution in [2.24, 2.45) is 0 Å². The van der Waals surface area contributed by atoms with E-state index in [0.29, 0.717) is 0 Å². The van der Waals surface area contributed by atoms with Crippen molar-refractivity contribution >= 4 is 76.3 Å². The number of para-hydroxylation sites is 3. The number of rotatable bonds is 2. The van der Waals surface area contributed by atoms with E-state index in [-0.39, 0.29) is 29.9 Å². The fourth-order valence-electron chi connectivity index (χ4n) is 6.98. The summed E-state index contributed by atoms with van der Waals surface area (Å²) in [5.41, 5.74) is 6.26. The molecule has 0 aliphatic rings. The lowest BCUT2D eigenvalue weighted by Crippen LogP contribution is -1.95. The topological polar surface area (TPSA) is 23.0 Å². The summed E-state index contributed by atoms with van der Waals surface area (Å²) in [6, 6.07) is 37.5. The maximum absolute atomic E-state index is 8.97. The van der Waals surface area contributed by atoms with Gasteiger partial charge in [0.15, 0.2) is 0 Å². The van der Waals surface area contributed by atoms with Crippen LogP contribution in [0.3, 0.4) is 0 Å². The first-order chi connectivity index (χ1) is 23.4. The molecule has 10 rings (SSSR count). The highest BCUT2D eigenvalue weighted by atomic mass is 16.3. The largest absolute Gasteiger partial charge is 0.456 e. The van der Waals surface area contributed by atoms with Crippen LogP contribution in [0.25, 0.3) is 87.7 Å². The van der Waals surface area contributed by atoms with Gasteiger partial charge in [0.1, 0.15) is 11.2 Å². The van der Waals surface area contributed by atoms with Crippen molar-refractivity contribution in [3.63, 3.8) is 0 Å². The summed E-state index contributed by atoms with van der Waals surface area (Å²) in [6.07, 6.45) is 0. The molecule has 3 nitrogen and oxygen atoms in total. The van der Waals surface area contributed by atoms with Gasteiger partial charge in [-0.1, -0.05) is 84.9 Å². The zero-order valence-electron chi connectivity index (χ0n) is 27.8. The molecule has 200 valence electrons. The highest BCUT2D eigenvalue weighted by Crippen LogP contribution is 2.42. The molecule has 3 heterocycles. The van der Waals surface area contributed by atoms with Crippen LogP contribution in [-0.2, 0) is 0 Å². The fraction of sp³-hybridized carbons (Fsp3) is 0. The molecule has 0 N–H and O–H groups in total. The Morgan fingerprint density at radius 2 is 1.16 bits per heavy atom. The van der Waals surface area contributed by atoms with Crippen LogP contribution >= 0.6 is 0 Å². The second kappa shape index (κ2) is 8.37. The van der Waals surface area contributed by atoms with Gasteiger partial charge in [-0.3, -0.25) is 0 Å². The Balaban J connectivity index is 1.40. The summed E-state index contributed by atoms with van der Waals surface area (Å²) < 4.78 is 53.5. The summed E-state index contributed by atoms with van der Waals surface area (Å²) in [4.78, 5) is 0. The van der Waals surface area contributed by atoms with Crippen LogP contribution in [0.2, 0.25) is 0 Å². The number of hydrogen-bond donors (Lipinski definition) is 0. The zero-order chi connectivity index (χ0) is 32.4. The summed E-state index contributed by atoms with van der Waals surface area (Å²) >= 11 is 0. The van der Waals surface area contributed by atoms with Crippen LogP contribution in [0, 0.1) is 0 Å². The molecule has 0 aliphatic carbocycles. The van der Waals surface area contributed by atoms with Crippen molar-refractivity contribution in [3.05, 3.63) is 145 Å². The van der Waals surface area contributed by atoms with E-state index in [1.54, 1.807) is 0 Å². The summed E-state index contributed by atoms with van der Waals surface area (Å²) in [6.45, 7) is 0. The number of fused-ring (bicyclic) bond motifs is 11. The summed E-state index contributed by atoms with van der Waals surface area (Å²) in [5.74, 6) is 0. The van der Waals surface area contributed by atoms with E-state index in [9.17, 15) is 0 Å². The summed E-state index contributed by atoms with van der Waals surface area (Å²) in [5, 5.41) is 8.24. The Hall–Kier alpha value is -5.80. The van der Waals surface area contributed by atoms with E-state index in [0.717, 1.165) is 82.0 Å². The maximum atomic E-state index is 8.97. The Kier molecular flexibility index (Phi) is 3.62. The third kappa shape index (κ3) is 3.08. The van der Waals surface area contributed by atoms with Crippen molar-refractivity contribution < 1.29 is 11.3 Å². The molecule has 0 aliphatic heterocycles. The smallest absolute Gasteiger partial charge is 0.135 e. The van der Waals surface area contributed by atoms with E-state index in [1.807, 2.05) is 59.2 Å². The molecular weight excluding hydrogens is 524 g/mol. The number of aromatic nitrogens is 2. The molecule has 0 unspecified atom stereocenters. The van der Waals surface area contributed by atoms with Gasteiger partial charge in [-0.25, -0.2) is 0 Å². The average molecular weight is 554 g/mol. The van der Waals surface area contributed by atoms with Gasteiger partial charge in [0.05, 0.1) is 28.9 Å². The van der Waals surface area contributed by atoms with E-state index >= 15 is 0 Å². The molecule has 0 fully saturated rings. The first kappa shape index (κ1) is 18.6. The lowest BCUT2D eigenvalue weighted by atomic mass is 10.0. The van der Waals surface area contributed by atoms with Gasteiger partial charge in [-0.2, -0.15) is 0 Å². The average Bonchev–Trinajstić information content (AvgIpc) is 3.76. The molecule has 0 amide bonds. The molecule has 0 saturated carbocycles. The predicted octanol–water partition coefficient (Wildman–Crippen LogP) is 10.9. The van der Waals surface area contributed by atoms with E-state index in [4.69, 9.17) is 11.3 Å². The molecule has 0 saturated heterocycles. The minimum atomic E-state index is -0.412. The Morgan fingerprint density at radius 1 is 0.442 bits per heavy atom. The quantitative estimate of drug-likeness (QED) is 0.209. The standard InChI is InChI=1S/C40H24N2O/c1-2-11-26(12-3-1)41-35-20-18-25-10-4-5-13-28(25)40(35)33-23-31-29-14-6-8-16-34(29)42(36(31)24-37(33)41)27-19-21-39-32(22-27)30-15-7-9-17-38(30)43-39/h1-24H/i1D,2D,3D,11D,12D. The van der Waals surface area contributed by atoms with Gasteiger partial charge in [-0.15, -0.1) is 0 Å². The highest BCUT2D eigenvalue weighted by Gasteiger charge is 2.20. The molecule has 3 aromatic heterocycles. The monoisotopic (exact) mass is 553 g/mol. The van der Waals surface area contributed by atoms with Gasteiger partial charge >= 0.3 is 0 Å². The molecular formula is C40H24N2O. The second-order valence-corrected chi connectivity index (χ2v) is 11.0. The fourth-order valence-corrected chi connectivity index (χ4v) is 6.98. The van der Waals surface area contributed by atoms with Gasteiger partial charge in [-0.05, 0) is 71.4 Å². The second-order valence-electron chi connectivity index (χ2n) is 11.0. The molecule has 3 heteroatoms. The van der Waals surface area contributed by atoms with E-state index in [2.05, 4.69) is 65.2 Å². The number of furan rings is 1. The number of benzene rings is 7. The molecule has 0 atom stereocenters. The predicted molar refractivity (Wildman–Crippen MR) is 180 cm³/mol. The van der Waals surface area contributed by atoms with Crippen LogP contribution in [0.5, 0.6) is 0 Å². The lowest BCUT2D eigenvalue weighted by molar-refractivity contribution is 0.669. The van der Waals surface area contributed by atoms with Crippen molar-refractivity contribution in [2.45, 2.75) is 0 Å². The molecule has 0 spiro atoms. The van der Waals surface area contributed by atoms with Crippen molar-refractivity contribution in [3.8, 4) is 11.4 Å². The SMILES string of the molecule is [2H]c1c([2H])c([2H])c(-n2c3cc4c(cc3c3c5ccccc5ccc32)c2ccccc2n4-c2ccc3oc4ccccc4c3c2)c([2H])c1[2H]. The van der Waals surface area contributed by atoms with Gasteiger partial charge in [0.2, 0.25) is 0 Å². The molecule has 43 heavy (non-hydrogen) atoms. The van der Waals surface area contributed by atoms with E-state index in [1.165, 1.54) is 0 Å². The van der Waals surface area contributed by atoms with Crippen molar-refractivity contribution in [1.29, 1.82) is 0 Å². The van der Waals surface area contributed by atoms with Crippen molar-refractivity contribution in [2.75, 3.05) is 0 Å². The Morgan fingerprint density at radius 3 is 2.07 bits per heavy atom. The number of hydrogen-bond acceptors (Lipinski definition) is 1. The molecule has 0 radical (unpaired) electrons. The van der Waals surface area contributed by atoms with Crippen molar-refractivity contribution in [1.82, 2.24) is 9.13 Å². The summed E-state index contributed by atoms with van der Waals surface area (Å²) in [7, 11) is 0. The zero-order valence-corrected chi connectivity index (χ0v) is 22.8. The number of nitrogens with zero attached hydrogens (tertiary/aromatic N) is 2. The maximum Gasteiger partial charge on any atom is 0.135 e. The van der Waals surface area contributed by atoms with Crippen LogP contribution in [-0.4, -0.2) is 9.13 Å². The molecule has 10 aromatic rings. The van der Waals surface area contributed by atoms with E-state index < -0.39 is 6.04 Å². The third-order valence-electron chi connectivity index (χ3n) is 8.78. The Bertz CT molecular complexity index is 2990. The van der Waals surface area contributed by atoms with Crippen LogP contribution < -0.4 is 0 Å². The van der Waals surface area contributed by atoms with Crippen LogP contribution in [0.15, 0.2) is 150 Å². The van der Waals surface area contributed by atoms with Gasteiger partial charge in [0.25, 0.3) is 0 Å². The molecule has 7 aromatic carbocycles. The first-order valence-electron chi connectivity index (χ1n) is 16.8. The molecule has 0 bridgehead atoms. The minimum absolute atomic E-state index is 0.129. The van der Waals surface area contributed by atoms with Gasteiger partial charge in [0, 0.05) is 43.7 Å². The third-order valence-corrected chi connectivity index (χ3v) is 8.78. The first-order valence-corrected chi connectivity index (χ1v) is 14.3.